The topological polar surface area (TPSA) is 42.1 Å². The van der Waals surface area contributed by atoms with Crippen LogP contribution in [0.1, 0.15) is 19.0 Å². The van der Waals surface area contributed by atoms with Gasteiger partial charge in [-0.15, -0.1) is 0 Å². The van der Waals surface area contributed by atoms with E-state index in [0.717, 1.165) is 16.6 Å². The number of carbonyl (C=O) groups is 1. The Morgan fingerprint density at radius 3 is 3.00 bits per heavy atom. The molecule has 3 nitrogen and oxygen atoms in total. The molecule has 1 heterocycles. The second-order valence-electron chi connectivity index (χ2n) is 3.50. The first-order valence-corrected chi connectivity index (χ1v) is 4.99. The van der Waals surface area contributed by atoms with E-state index in [9.17, 15) is 4.79 Å². The fourth-order valence-electron chi connectivity index (χ4n) is 1.55. The molecule has 0 aliphatic carbocycles. The van der Waals surface area contributed by atoms with Gasteiger partial charge < -0.3 is 9.72 Å². The summed E-state index contributed by atoms with van der Waals surface area (Å²) in [6.07, 6.45) is 0.385. The van der Waals surface area contributed by atoms with E-state index in [1.165, 1.54) is 0 Å². The van der Waals surface area contributed by atoms with Gasteiger partial charge in [0.1, 0.15) is 0 Å². The predicted molar refractivity (Wildman–Crippen MR) is 59.0 cm³/mol. The lowest BCUT2D eigenvalue weighted by atomic mass is 10.2. The maximum absolute atomic E-state index is 11.2. The number of nitrogens with one attached hydrogen (secondary N) is 1. The Morgan fingerprint density at radius 2 is 2.27 bits per heavy atom. The van der Waals surface area contributed by atoms with Gasteiger partial charge in [0.15, 0.2) is 5.75 Å². The van der Waals surface area contributed by atoms with Gasteiger partial charge in [-0.1, -0.05) is 19.1 Å². The number of esters is 1. The minimum Gasteiger partial charge on any atom is -0.424 e. The fourth-order valence-corrected chi connectivity index (χ4v) is 1.55. The zero-order valence-electron chi connectivity index (χ0n) is 8.83. The molecule has 0 saturated carbocycles. The third-order valence-corrected chi connectivity index (χ3v) is 2.27. The highest BCUT2D eigenvalue weighted by atomic mass is 16.5. The smallest absolute Gasteiger partial charge is 0.310 e. The number of benzene rings is 1. The van der Waals surface area contributed by atoms with Gasteiger partial charge >= 0.3 is 5.97 Å². The summed E-state index contributed by atoms with van der Waals surface area (Å²) in [5.41, 5.74) is 1.95. The molecule has 78 valence electrons. The molecule has 0 atom stereocenters. The first-order chi connectivity index (χ1) is 7.20. The van der Waals surface area contributed by atoms with E-state index in [4.69, 9.17) is 4.74 Å². The summed E-state index contributed by atoms with van der Waals surface area (Å²) in [5, 5.41) is 1.06. The molecule has 0 spiro atoms. The standard InChI is InChI=1S/C12H13NO2/c1-3-11(14)15-10-6-4-5-9-7-8(2)13-12(9)10/h4-7,13H,3H2,1-2H3. The number of fused-ring (bicyclic) bond motifs is 1. The van der Waals surface area contributed by atoms with Crippen molar-refractivity contribution in [2.45, 2.75) is 20.3 Å². The second-order valence-corrected chi connectivity index (χ2v) is 3.50. The number of aromatic amines is 1. The molecule has 2 aromatic rings. The Hall–Kier alpha value is -1.77. The Labute approximate surface area is 88.1 Å². The van der Waals surface area contributed by atoms with E-state index in [2.05, 4.69) is 4.98 Å². The van der Waals surface area contributed by atoms with Crippen molar-refractivity contribution in [1.82, 2.24) is 4.98 Å². The van der Waals surface area contributed by atoms with Crippen molar-refractivity contribution in [3.8, 4) is 5.75 Å². The van der Waals surface area contributed by atoms with Crippen LogP contribution in [0, 0.1) is 6.92 Å². The fraction of sp³-hybridized carbons (Fsp3) is 0.250. The Balaban J connectivity index is 2.46. The summed E-state index contributed by atoms with van der Waals surface area (Å²) in [5.74, 6) is 0.391. The van der Waals surface area contributed by atoms with Crippen LogP contribution in [0.2, 0.25) is 0 Å². The molecule has 0 amide bonds. The maximum Gasteiger partial charge on any atom is 0.310 e. The third-order valence-electron chi connectivity index (χ3n) is 2.27. The van der Waals surface area contributed by atoms with E-state index in [1.54, 1.807) is 13.0 Å². The number of hydrogen-bond donors (Lipinski definition) is 1. The molecule has 0 radical (unpaired) electrons. The molecule has 0 bridgehead atoms. The monoisotopic (exact) mass is 203 g/mol. The highest BCUT2D eigenvalue weighted by molar-refractivity contribution is 5.88. The minimum atomic E-state index is -0.213. The van der Waals surface area contributed by atoms with Crippen molar-refractivity contribution in [1.29, 1.82) is 0 Å². The maximum atomic E-state index is 11.2. The summed E-state index contributed by atoms with van der Waals surface area (Å²) < 4.78 is 5.22. The molecule has 0 unspecified atom stereocenters. The molecular formula is C12H13NO2. The number of H-pyrrole nitrogens is 1. The first-order valence-electron chi connectivity index (χ1n) is 4.99. The lowest BCUT2D eigenvalue weighted by Crippen LogP contribution is -2.05. The number of ether oxygens (including phenoxy) is 1. The average molecular weight is 203 g/mol. The zero-order valence-corrected chi connectivity index (χ0v) is 8.83. The van der Waals surface area contributed by atoms with Crippen molar-refractivity contribution < 1.29 is 9.53 Å². The second kappa shape index (κ2) is 3.77. The molecule has 3 heteroatoms. The zero-order chi connectivity index (χ0) is 10.8. The van der Waals surface area contributed by atoms with Crippen LogP contribution in [0.4, 0.5) is 0 Å². The largest absolute Gasteiger partial charge is 0.424 e. The molecule has 15 heavy (non-hydrogen) atoms. The highest BCUT2D eigenvalue weighted by Gasteiger charge is 2.07. The van der Waals surface area contributed by atoms with Crippen LogP contribution in [0.3, 0.4) is 0 Å². The normalized spacial score (nSPS) is 10.5. The van der Waals surface area contributed by atoms with Gasteiger partial charge in [0.25, 0.3) is 0 Å². The first kappa shape index (κ1) is 9.77. The lowest BCUT2D eigenvalue weighted by molar-refractivity contribution is -0.133. The van der Waals surface area contributed by atoms with Crippen molar-refractivity contribution in [3.63, 3.8) is 0 Å². The highest BCUT2D eigenvalue weighted by Crippen LogP contribution is 2.25. The van der Waals surface area contributed by atoms with E-state index in [1.807, 2.05) is 25.1 Å². The number of carbonyl (C=O) groups excluding carboxylic acids is 1. The molecule has 2 rings (SSSR count). The van der Waals surface area contributed by atoms with Crippen molar-refractivity contribution in [2.24, 2.45) is 0 Å². The van der Waals surface area contributed by atoms with Crippen LogP contribution in [-0.4, -0.2) is 11.0 Å². The number of hydrogen-bond acceptors (Lipinski definition) is 2. The number of aromatic nitrogens is 1. The Kier molecular flexibility index (Phi) is 2.46. The summed E-state index contributed by atoms with van der Waals surface area (Å²) in [7, 11) is 0. The van der Waals surface area contributed by atoms with Crippen LogP contribution in [-0.2, 0) is 4.79 Å². The SMILES string of the molecule is CCC(=O)Oc1cccc2cc(C)[nH]c12. The number of aryl methyl sites for hydroxylation is 1. The van der Waals surface area contributed by atoms with E-state index < -0.39 is 0 Å². The van der Waals surface area contributed by atoms with Crippen LogP contribution in [0.25, 0.3) is 10.9 Å². The van der Waals surface area contributed by atoms with E-state index in [-0.39, 0.29) is 5.97 Å². The molecule has 0 aliphatic heterocycles. The predicted octanol–water partition coefficient (Wildman–Crippen LogP) is 2.79. The quantitative estimate of drug-likeness (QED) is 0.602. The van der Waals surface area contributed by atoms with Gasteiger partial charge in [0, 0.05) is 17.5 Å². The van der Waals surface area contributed by atoms with Crippen molar-refractivity contribution in [2.75, 3.05) is 0 Å². The van der Waals surface area contributed by atoms with Crippen molar-refractivity contribution >= 4 is 16.9 Å². The van der Waals surface area contributed by atoms with Crippen LogP contribution >= 0.6 is 0 Å². The molecule has 1 N–H and O–H groups in total. The van der Waals surface area contributed by atoms with Crippen LogP contribution < -0.4 is 4.74 Å². The average Bonchev–Trinajstić information content (AvgIpc) is 2.59. The Morgan fingerprint density at radius 1 is 1.47 bits per heavy atom. The minimum absolute atomic E-state index is 0.213. The lowest BCUT2D eigenvalue weighted by Gasteiger charge is -2.03. The molecular weight excluding hydrogens is 190 g/mol. The summed E-state index contributed by atoms with van der Waals surface area (Å²) in [6.45, 7) is 3.76. The third kappa shape index (κ3) is 1.86. The van der Waals surface area contributed by atoms with Gasteiger partial charge in [0.05, 0.1) is 5.52 Å². The number of para-hydroxylation sites is 1. The van der Waals surface area contributed by atoms with Gasteiger partial charge in [-0.3, -0.25) is 4.79 Å². The Bertz CT molecular complexity index is 499. The van der Waals surface area contributed by atoms with Gasteiger partial charge in [-0.05, 0) is 19.1 Å². The van der Waals surface area contributed by atoms with Gasteiger partial charge in [0.2, 0.25) is 0 Å². The molecule has 1 aromatic heterocycles. The summed E-state index contributed by atoms with van der Waals surface area (Å²) in [6, 6.07) is 7.69. The van der Waals surface area contributed by atoms with Gasteiger partial charge in [-0.25, -0.2) is 0 Å². The molecule has 0 fully saturated rings. The van der Waals surface area contributed by atoms with E-state index in [0.29, 0.717) is 12.2 Å². The summed E-state index contributed by atoms with van der Waals surface area (Å²) in [4.78, 5) is 14.4. The number of rotatable bonds is 2. The summed E-state index contributed by atoms with van der Waals surface area (Å²) >= 11 is 0. The van der Waals surface area contributed by atoms with Crippen LogP contribution in [0.15, 0.2) is 24.3 Å². The molecule has 0 saturated heterocycles. The van der Waals surface area contributed by atoms with E-state index >= 15 is 0 Å². The molecule has 1 aromatic carbocycles. The van der Waals surface area contributed by atoms with Gasteiger partial charge in [-0.2, -0.15) is 0 Å². The molecule has 0 aliphatic rings. The van der Waals surface area contributed by atoms with Crippen LogP contribution in [0.5, 0.6) is 5.75 Å². The van der Waals surface area contributed by atoms with Crippen molar-refractivity contribution in [3.05, 3.63) is 30.0 Å².